The summed E-state index contributed by atoms with van der Waals surface area (Å²) in [6.45, 7) is 4.05. The molecule has 128 valence electrons. The first-order chi connectivity index (χ1) is 11.6. The van der Waals surface area contributed by atoms with E-state index in [2.05, 4.69) is 29.7 Å². The second kappa shape index (κ2) is 9.12. The predicted octanol–water partition coefficient (Wildman–Crippen LogP) is 3.76. The molecule has 2 N–H and O–H groups in total. The van der Waals surface area contributed by atoms with Crippen LogP contribution in [-0.2, 0) is 11.2 Å². The molecular formula is C20H27N3O. The molecule has 1 unspecified atom stereocenters. The number of benzene rings is 1. The zero-order valence-corrected chi connectivity index (χ0v) is 14.6. The molecule has 1 aromatic carbocycles. The molecule has 0 radical (unpaired) electrons. The summed E-state index contributed by atoms with van der Waals surface area (Å²) in [5.41, 5.74) is 2.45. The maximum absolute atomic E-state index is 12.3. The number of hydrogen-bond donors (Lipinski definition) is 2. The number of hydrogen-bond acceptors (Lipinski definition) is 3. The van der Waals surface area contributed by atoms with E-state index in [1.54, 1.807) is 6.20 Å². The van der Waals surface area contributed by atoms with Crippen LogP contribution < -0.4 is 10.6 Å². The van der Waals surface area contributed by atoms with E-state index in [0.717, 1.165) is 24.8 Å². The average molecular weight is 325 g/mol. The number of carbonyl (C=O) groups is 1. The van der Waals surface area contributed by atoms with Crippen LogP contribution in [-0.4, -0.2) is 11.9 Å². The van der Waals surface area contributed by atoms with Crippen molar-refractivity contribution in [1.82, 2.24) is 10.6 Å². The Labute approximate surface area is 144 Å². The second-order valence-corrected chi connectivity index (χ2v) is 6.46. The Kier molecular flexibility index (Phi) is 6.87. The number of nitriles is 1. The quantitative estimate of drug-likeness (QED) is 0.618. The Morgan fingerprint density at radius 2 is 1.96 bits per heavy atom. The highest BCUT2D eigenvalue weighted by Gasteiger charge is 2.16. The van der Waals surface area contributed by atoms with Crippen molar-refractivity contribution in [3.8, 4) is 6.07 Å². The Balaban J connectivity index is 1.93. The van der Waals surface area contributed by atoms with E-state index >= 15 is 0 Å². The third-order valence-corrected chi connectivity index (χ3v) is 4.67. The van der Waals surface area contributed by atoms with E-state index < -0.39 is 0 Å². The molecular weight excluding hydrogens is 298 g/mol. The number of carbonyl (C=O) groups excluding carboxylic acids is 1. The zero-order chi connectivity index (χ0) is 17.4. The largest absolute Gasteiger partial charge is 0.387 e. The Hall–Kier alpha value is -2.28. The fraction of sp³-hybridized carbons (Fsp3) is 0.500. The lowest BCUT2D eigenvalue weighted by Crippen LogP contribution is -2.31. The first-order valence-corrected chi connectivity index (χ1v) is 8.90. The minimum absolute atomic E-state index is 0.130. The first kappa shape index (κ1) is 18.1. The molecule has 24 heavy (non-hydrogen) atoms. The third-order valence-electron chi connectivity index (χ3n) is 4.67. The van der Waals surface area contributed by atoms with Gasteiger partial charge in [0.25, 0.3) is 5.91 Å². The van der Waals surface area contributed by atoms with Crippen molar-refractivity contribution < 1.29 is 4.79 Å². The number of nitrogens with zero attached hydrogens (tertiary/aromatic N) is 1. The summed E-state index contributed by atoms with van der Waals surface area (Å²) in [6.07, 6.45) is 8.50. The standard InChI is InChI=1S/C20H27N3O/c1-3-16-9-11-17(12-10-16)15(2)23-20(24)18(13-21)14-22-19-7-5-4-6-8-19/h9-12,14-15,19,22H,3-8H2,1-2H3,(H,23,24)/b18-14-. The third kappa shape index (κ3) is 5.13. The van der Waals surface area contributed by atoms with Crippen LogP contribution in [0, 0.1) is 11.3 Å². The van der Waals surface area contributed by atoms with E-state index in [1.165, 1.54) is 24.8 Å². The number of rotatable bonds is 6. The van der Waals surface area contributed by atoms with Crippen molar-refractivity contribution in [1.29, 1.82) is 5.26 Å². The number of aryl methyl sites for hydroxylation is 1. The normalized spacial score (nSPS) is 17.0. The summed E-state index contributed by atoms with van der Waals surface area (Å²) in [5.74, 6) is -0.326. The fourth-order valence-corrected chi connectivity index (χ4v) is 3.02. The molecule has 1 amide bonds. The monoisotopic (exact) mass is 325 g/mol. The second-order valence-electron chi connectivity index (χ2n) is 6.46. The lowest BCUT2D eigenvalue weighted by atomic mass is 9.96. The molecule has 0 aliphatic heterocycles. The van der Waals surface area contributed by atoms with Crippen LogP contribution in [0.15, 0.2) is 36.0 Å². The van der Waals surface area contributed by atoms with Gasteiger partial charge < -0.3 is 10.6 Å². The Morgan fingerprint density at radius 1 is 1.29 bits per heavy atom. The van der Waals surface area contributed by atoms with Crippen LogP contribution >= 0.6 is 0 Å². The van der Waals surface area contributed by atoms with Gasteiger partial charge in [-0.2, -0.15) is 5.26 Å². The lowest BCUT2D eigenvalue weighted by molar-refractivity contribution is -0.117. The average Bonchev–Trinajstić information content (AvgIpc) is 2.63. The molecule has 0 saturated heterocycles. The van der Waals surface area contributed by atoms with Crippen molar-refractivity contribution >= 4 is 5.91 Å². The molecule has 1 atom stereocenters. The topological polar surface area (TPSA) is 64.9 Å². The van der Waals surface area contributed by atoms with Crippen LogP contribution in [0.3, 0.4) is 0 Å². The summed E-state index contributed by atoms with van der Waals surface area (Å²) in [4.78, 5) is 12.3. The molecule has 0 aromatic heterocycles. The van der Waals surface area contributed by atoms with Gasteiger partial charge in [0.05, 0.1) is 6.04 Å². The van der Waals surface area contributed by atoms with Crippen molar-refractivity contribution in [2.24, 2.45) is 0 Å². The SMILES string of the molecule is CCc1ccc(C(C)NC(=O)/C(C#N)=C\NC2CCCCC2)cc1. The van der Waals surface area contributed by atoms with Gasteiger partial charge in [0.2, 0.25) is 0 Å². The summed E-state index contributed by atoms with van der Waals surface area (Å²) in [5, 5.41) is 15.4. The van der Waals surface area contributed by atoms with Gasteiger partial charge in [-0.05, 0) is 37.3 Å². The maximum Gasteiger partial charge on any atom is 0.263 e. The van der Waals surface area contributed by atoms with Crippen molar-refractivity contribution in [3.05, 3.63) is 47.2 Å². The van der Waals surface area contributed by atoms with Gasteiger partial charge in [-0.15, -0.1) is 0 Å². The summed E-state index contributed by atoms with van der Waals surface area (Å²) in [6, 6.07) is 10.5. The van der Waals surface area contributed by atoms with E-state index in [1.807, 2.05) is 25.1 Å². The summed E-state index contributed by atoms with van der Waals surface area (Å²) >= 11 is 0. The van der Waals surface area contributed by atoms with Crippen LogP contribution in [0.2, 0.25) is 0 Å². The van der Waals surface area contributed by atoms with Crippen molar-refractivity contribution in [3.63, 3.8) is 0 Å². The summed E-state index contributed by atoms with van der Waals surface area (Å²) in [7, 11) is 0. The smallest absolute Gasteiger partial charge is 0.263 e. The van der Waals surface area contributed by atoms with Crippen molar-refractivity contribution in [2.45, 2.75) is 64.5 Å². The van der Waals surface area contributed by atoms with Gasteiger partial charge >= 0.3 is 0 Å². The van der Waals surface area contributed by atoms with Crippen molar-refractivity contribution in [2.75, 3.05) is 0 Å². The van der Waals surface area contributed by atoms with Gasteiger partial charge in [0.1, 0.15) is 11.6 Å². The zero-order valence-electron chi connectivity index (χ0n) is 14.6. The lowest BCUT2D eigenvalue weighted by Gasteiger charge is -2.22. The maximum atomic E-state index is 12.3. The molecule has 1 aromatic rings. The fourth-order valence-electron chi connectivity index (χ4n) is 3.02. The first-order valence-electron chi connectivity index (χ1n) is 8.90. The van der Waals surface area contributed by atoms with Gasteiger partial charge in [-0.3, -0.25) is 4.79 Å². The van der Waals surface area contributed by atoms with E-state index in [-0.39, 0.29) is 17.5 Å². The molecule has 1 aliphatic rings. The molecule has 1 saturated carbocycles. The van der Waals surface area contributed by atoms with E-state index in [9.17, 15) is 10.1 Å². The molecule has 4 nitrogen and oxygen atoms in total. The van der Waals surface area contributed by atoms with Crippen LogP contribution in [0.1, 0.15) is 63.1 Å². The van der Waals surface area contributed by atoms with E-state index in [4.69, 9.17) is 0 Å². The number of amides is 1. The Bertz CT molecular complexity index is 607. The minimum atomic E-state index is -0.326. The predicted molar refractivity (Wildman–Crippen MR) is 96.1 cm³/mol. The molecule has 0 heterocycles. The molecule has 1 fully saturated rings. The highest BCUT2D eigenvalue weighted by atomic mass is 16.1. The van der Waals surface area contributed by atoms with Crippen LogP contribution in [0.25, 0.3) is 0 Å². The molecule has 0 spiro atoms. The van der Waals surface area contributed by atoms with Gasteiger partial charge in [0, 0.05) is 12.2 Å². The van der Waals surface area contributed by atoms with Gasteiger partial charge in [-0.1, -0.05) is 50.5 Å². The molecule has 2 rings (SSSR count). The Morgan fingerprint density at radius 3 is 2.54 bits per heavy atom. The highest BCUT2D eigenvalue weighted by molar-refractivity contribution is 5.97. The van der Waals surface area contributed by atoms with Gasteiger partial charge in [-0.25, -0.2) is 0 Å². The minimum Gasteiger partial charge on any atom is -0.387 e. The molecule has 0 bridgehead atoms. The number of nitrogens with one attached hydrogen (secondary N) is 2. The highest BCUT2D eigenvalue weighted by Crippen LogP contribution is 2.18. The molecule has 4 heteroatoms. The molecule has 1 aliphatic carbocycles. The van der Waals surface area contributed by atoms with Gasteiger partial charge in [0.15, 0.2) is 0 Å². The van der Waals surface area contributed by atoms with Crippen LogP contribution in [0.5, 0.6) is 0 Å². The van der Waals surface area contributed by atoms with E-state index in [0.29, 0.717) is 6.04 Å². The van der Waals surface area contributed by atoms with Crippen LogP contribution in [0.4, 0.5) is 0 Å². The summed E-state index contributed by atoms with van der Waals surface area (Å²) < 4.78 is 0.